The maximum absolute atomic E-state index is 13.3. The van der Waals surface area contributed by atoms with Gasteiger partial charge in [0.05, 0.1) is 4.90 Å². The van der Waals surface area contributed by atoms with Crippen LogP contribution in [0, 0.1) is 6.92 Å². The first-order chi connectivity index (χ1) is 20.4. The molecule has 4 rings (SSSR count). The van der Waals surface area contributed by atoms with Gasteiger partial charge in [-0.2, -0.15) is 0 Å². The van der Waals surface area contributed by atoms with E-state index in [0.717, 1.165) is 86.7 Å². The summed E-state index contributed by atoms with van der Waals surface area (Å²) in [5.41, 5.74) is 3.62. The zero-order valence-electron chi connectivity index (χ0n) is 24.4. The van der Waals surface area contributed by atoms with Crippen molar-refractivity contribution in [1.29, 1.82) is 0 Å². The molecule has 1 aliphatic heterocycles. The summed E-state index contributed by atoms with van der Waals surface area (Å²) in [6.45, 7) is 3.97. The van der Waals surface area contributed by atoms with Crippen molar-refractivity contribution in [3.63, 3.8) is 0 Å². The quantitative estimate of drug-likeness (QED) is 0.120. The standard InChI is InChI=1S/C32H42Cl2N2O5S/c1-24-14-15-25-11-10-12-29(32(25)36-24)41-23-28-26(21-33)16-17-30(27(28)22-34)42(37,38)35-18-7-4-2-3-5-8-19-39-31-13-6-9-20-40-31/h10-12,14-17,31,35H,2-9,13,18-23H2,1H3. The summed E-state index contributed by atoms with van der Waals surface area (Å²) in [5.74, 6) is 0.849. The molecule has 1 aliphatic rings. The molecule has 0 aliphatic carbocycles. The predicted octanol–water partition coefficient (Wildman–Crippen LogP) is 7.76. The summed E-state index contributed by atoms with van der Waals surface area (Å²) < 4.78 is 46.9. The van der Waals surface area contributed by atoms with Crippen LogP contribution in [0.4, 0.5) is 0 Å². The van der Waals surface area contributed by atoms with E-state index >= 15 is 0 Å². The number of alkyl halides is 2. The number of fused-ring (bicyclic) bond motifs is 1. The van der Waals surface area contributed by atoms with Gasteiger partial charge in [-0.3, -0.25) is 0 Å². The monoisotopic (exact) mass is 636 g/mol. The number of nitrogens with zero attached hydrogens (tertiary/aromatic N) is 1. The first-order valence-electron chi connectivity index (χ1n) is 14.9. The molecular formula is C32H42Cl2N2O5S. The van der Waals surface area contributed by atoms with E-state index in [9.17, 15) is 8.42 Å². The Morgan fingerprint density at radius 3 is 2.52 bits per heavy atom. The molecule has 1 atom stereocenters. The molecule has 1 N–H and O–H groups in total. The molecule has 2 heterocycles. The zero-order chi connectivity index (χ0) is 29.8. The fourth-order valence-corrected chi connectivity index (χ4v) is 7.15. The van der Waals surface area contributed by atoms with Gasteiger partial charge in [-0.15, -0.1) is 23.2 Å². The van der Waals surface area contributed by atoms with Crippen molar-refractivity contribution in [1.82, 2.24) is 9.71 Å². The number of hydrogen-bond donors (Lipinski definition) is 1. The van der Waals surface area contributed by atoms with Gasteiger partial charge in [-0.25, -0.2) is 18.1 Å². The summed E-state index contributed by atoms with van der Waals surface area (Å²) in [7, 11) is -3.76. The molecule has 0 amide bonds. The lowest BCUT2D eigenvalue weighted by Crippen LogP contribution is -2.26. The Labute approximate surface area is 260 Å². The average molecular weight is 638 g/mol. The second kappa shape index (κ2) is 16.8. The van der Waals surface area contributed by atoms with Crippen molar-refractivity contribution in [3.8, 4) is 5.75 Å². The van der Waals surface area contributed by atoms with Crippen LogP contribution in [0.25, 0.3) is 10.9 Å². The van der Waals surface area contributed by atoms with E-state index in [0.29, 0.717) is 23.4 Å². The number of halogens is 2. The van der Waals surface area contributed by atoms with Crippen molar-refractivity contribution < 1.29 is 22.6 Å². The number of para-hydroxylation sites is 1. The third-order valence-corrected chi connectivity index (χ3v) is 9.65. The first kappa shape index (κ1) is 33.0. The SMILES string of the molecule is Cc1ccc2cccc(OCc3c(CCl)ccc(S(=O)(=O)NCCCCCCCCOC4CCCCO4)c3CCl)c2n1. The minimum Gasteiger partial charge on any atom is -0.487 e. The van der Waals surface area contributed by atoms with Gasteiger partial charge < -0.3 is 14.2 Å². The number of nitrogens with one attached hydrogen (secondary N) is 1. The number of aromatic nitrogens is 1. The van der Waals surface area contributed by atoms with E-state index < -0.39 is 10.0 Å². The van der Waals surface area contributed by atoms with E-state index in [4.69, 9.17) is 37.4 Å². The van der Waals surface area contributed by atoms with Crippen LogP contribution in [0.15, 0.2) is 47.4 Å². The number of hydrogen-bond acceptors (Lipinski definition) is 6. The van der Waals surface area contributed by atoms with Gasteiger partial charge in [0.1, 0.15) is 17.9 Å². The summed E-state index contributed by atoms with van der Waals surface area (Å²) >= 11 is 12.6. The van der Waals surface area contributed by atoms with Crippen molar-refractivity contribution >= 4 is 44.1 Å². The molecule has 1 aromatic heterocycles. The van der Waals surface area contributed by atoms with Gasteiger partial charge >= 0.3 is 0 Å². The van der Waals surface area contributed by atoms with Gasteiger partial charge in [0.2, 0.25) is 10.0 Å². The Morgan fingerprint density at radius 2 is 1.76 bits per heavy atom. The van der Waals surface area contributed by atoms with E-state index in [1.54, 1.807) is 12.1 Å². The number of ether oxygens (including phenoxy) is 3. The Kier molecular flexibility index (Phi) is 13.2. The van der Waals surface area contributed by atoms with Gasteiger partial charge in [-0.05, 0) is 73.9 Å². The summed E-state index contributed by atoms with van der Waals surface area (Å²) in [6.07, 6.45) is 9.30. The number of pyridine rings is 1. The molecule has 1 saturated heterocycles. The van der Waals surface area contributed by atoms with Crippen LogP contribution in [0.2, 0.25) is 0 Å². The van der Waals surface area contributed by atoms with Crippen LogP contribution < -0.4 is 9.46 Å². The van der Waals surface area contributed by atoms with E-state index in [1.807, 2.05) is 37.3 Å². The molecule has 42 heavy (non-hydrogen) atoms. The van der Waals surface area contributed by atoms with Crippen LogP contribution >= 0.6 is 23.2 Å². The molecule has 230 valence electrons. The third kappa shape index (κ3) is 9.28. The van der Waals surface area contributed by atoms with Crippen molar-refractivity contribution in [3.05, 3.63) is 64.8 Å². The van der Waals surface area contributed by atoms with Gasteiger partial charge in [0, 0.05) is 42.6 Å². The fourth-order valence-electron chi connectivity index (χ4n) is 5.18. The largest absolute Gasteiger partial charge is 0.487 e. The third-order valence-electron chi connectivity index (χ3n) is 7.55. The lowest BCUT2D eigenvalue weighted by Gasteiger charge is -2.22. The minimum absolute atomic E-state index is 0.0170. The summed E-state index contributed by atoms with van der Waals surface area (Å²) in [6, 6.07) is 13.0. The minimum atomic E-state index is -3.76. The van der Waals surface area contributed by atoms with E-state index in [-0.39, 0.29) is 29.6 Å². The van der Waals surface area contributed by atoms with Crippen LogP contribution in [0.3, 0.4) is 0 Å². The topological polar surface area (TPSA) is 86.8 Å². The maximum atomic E-state index is 13.3. The molecule has 0 saturated carbocycles. The molecule has 0 radical (unpaired) electrons. The highest BCUT2D eigenvalue weighted by atomic mass is 35.5. The second-order valence-electron chi connectivity index (χ2n) is 10.7. The normalized spacial score (nSPS) is 15.7. The van der Waals surface area contributed by atoms with Crippen LogP contribution in [-0.2, 0) is 37.9 Å². The average Bonchev–Trinajstić information content (AvgIpc) is 3.00. The molecular weight excluding hydrogens is 595 g/mol. The van der Waals surface area contributed by atoms with Crippen LogP contribution in [0.1, 0.15) is 80.2 Å². The second-order valence-corrected chi connectivity index (χ2v) is 13.0. The molecule has 0 spiro atoms. The Morgan fingerprint density at radius 1 is 0.952 bits per heavy atom. The lowest BCUT2D eigenvalue weighted by molar-refractivity contribution is -0.162. The van der Waals surface area contributed by atoms with Crippen molar-refractivity contribution in [2.75, 3.05) is 19.8 Å². The smallest absolute Gasteiger partial charge is 0.240 e. The summed E-state index contributed by atoms with van der Waals surface area (Å²) in [5, 5.41) is 0.965. The summed E-state index contributed by atoms with van der Waals surface area (Å²) in [4.78, 5) is 4.79. The number of rotatable bonds is 17. The van der Waals surface area contributed by atoms with Gasteiger partial charge in [0.25, 0.3) is 0 Å². The Bertz CT molecular complexity index is 1400. The van der Waals surface area contributed by atoms with Gasteiger partial charge in [-0.1, -0.05) is 49.9 Å². The molecule has 7 nitrogen and oxygen atoms in total. The highest BCUT2D eigenvalue weighted by Gasteiger charge is 2.23. The number of sulfonamides is 1. The molecule has 3 aromatic rings. The molecule has 10 heteroatoms. The molecule has 2 aromatic carbocycles. The molecule has 1 unspecified atom stereocenters. The molecule has 1 fully saturated rings. The Balaban J connectivity index is 1.28. The number of aryl methyl sites for hydroxylation is 1. The van der Waals surface area contributed by atoms with Gasteiger partial charge in [0.15, 0.2) is 6.29 Å². The highest BCUT2D eigenvalue weighted by Crippen LogP contribution is 2.30. The Hall–Kier alpha value is -1.94. The lowest BCUT2D eigenvalue weighted by atomic mass is 10.0. The first-order valence-corrected chi connectivity index (χ1v) is 17.5. The maximum Gasteiger partial charge on any atom is 0.240 e. The zero-order valence-corrected chi connectivity index (χ0v) is 26.7. The van der Waals surface area contributed by atoms with E-state index in [2.05, 4.69) is 9.71 Å². The number of unbranched alkanes of at least 4 members (excludes halogenated alkanes) is 5. The predicted molar refractivity (Wildman–Crippen MR) is 169 cm³/mol. The van der Waals surface area contributed by atoms with Crippen molar-refractivity contribution in [2.24, 2.45) is 0 Å². The fraction of sp³-hybridized carbons (Fsp3) is 0.531. The highest BCUT2D eigenvalue weighted by molar-refractivity contribution is 7.89. The van der Waals surface area contributed by atoms with Crippen LogP contribution in [-0.4, -0.2) is 39.5 Å². The molecule has 0 bridgehead atoms. The van der Waals surface area contributed by atoms with Crippen LogP contribution in [0.5, 0.6) is 5.75 Å². The van der Waals surface area contributed by atoms with Crippen molar-refractivity contribution in [2.45, 2.75) is 94.3 Å². The number of benzene rings is 2. The van der Waals surface area contributed by atoms with E-state index in [1.165, 1.54) is 6.42 Å².